The summed E-state index contributed by atoms with van der Waals surface area (Å²) < 4.78 is 13.1. The summed E-state index contributed by atoms with van der Waals surface area (Å²) in [5, 5.41) is 11.0. The van der Waals surface area contributed by atoms with Crippen LogP contribution in [0.2, 0.25) is 0 Å². The van der Waals surface area contributed by atoms with Crippen molar-refractivity contribution in [2.24, 2.45) is 0 Å². The van der Waals surface area contributed by atoms with Crippen LogP contribution in [0.15, 0.2) is 48.7 Å². The molecule has 0 atom stereocenters. The second-order valence-corrected chi connectivity index (χ2v) is 5.08. The van der Waals surface area contributed by atoms with Crippen molar-refractivity contribution in [3.63, 3.8) is 0 Å². The van der Waals surface area contributed by atoms with Crippen molar-refractivity contribution < 1.29 is 14.6 Å². The molecular formula is C18H19NO3. The summed E-state index contributed by atoms with van der Waals surface area (Å²) in [5.41, 5.74) is 2.00. The van der Waals surface area contributed by atoms with Crippen molar-refractivity contribution in [1.82, 2.24) is 4.57 Å². The molecule has 0 saturated heterocycles. The molecule has 0 amide bonds. The van der Waals surface area contributed by atoms with E-state index in [-0.39, 0.29) is 5.75 Å². The van der Waals surface area contributed by atoms with E-state index in [4.69, 9.17) is 9.47 Å². The lowest BCUT2D eigenvalue weighted by Crippen LogP contribution is -1.95. The van der Waals surface area contributed by atoms with Crippen molar-refractivity contribution >= 4 is 10.9 Å². The van der Waals surface area contributed by atoms with Gasteiger partial charge >= 0.3 is 0 Å². The quantitative estimate of drug-likeness (QED) is 0.775. The molecular weight excluding hydrogens is 278 g/mol. The Labute approximate surface area is 129 Å². The molecule has 1 heterocycles. The summed E-state index contributed by atoms with van der Waals surface area (Å²) in [6.07, 6.45) is 2.04. The van der Waals surface area contributed by atoms with Gasteiger partial charge in [0, 0.05) is 23.7 Å². The fourth-order valence-electron chi connectivity index (χ4n) is 2.62. The number of aryl methyl sites for hydroxylation is 1. The highest BCUT2D eigenvalue weighted by Crippen LogP contribution is 2.30. The summed E-state index contributed by atoms with van der Waals surface area (Å²) in [6, 6.07) is 13.0. The number of hydrogen-bond donors (Lipinski definition) is 1. The van der Waals surface area contributed by atoms with E-state index in [0.717, 1.165) is 34.5 Å². The third kappa shape index (κ3) is 2.60. The Hall–Kier alpha value is -2.62. The van der Waals surface area contributed by atoms with Crippen LogP contribution in [-0.2, 0) is 13.2 Å². The number of ether oxygens (including phenoxy) is 2. The van der Waals surface area contributed by atoms with E-state index in [1.807, 2.05) is 42.6 Å². The van der Waals surface area contributed by atoms with Gasteiger partial charge in [-0.2, -0.15) is 0 Å². The number of phenolic OH excluding ortho intramolecular Hbond substituents is 1. The van der Waals surface area contributed by atoms with Crippen molar-refractivity contribution in [3.8, 4) is 17.2 Å². The Balaban J connectivity index is 1.87. The highest BCUT2D eigenvalue weighted by atomic mass is 16.5. The van der Waals surface area contributed by atoms with E-state index in [0.29, 0.717) is 6.61 Å². The van der Waals surface area contributed by atoms with Crippen molar-refractivity contribution in [2.45, 2.75) is 20.1 Å². The van der Waals surface area contributed by atoms with Crippen LogP contribution in [0.5, 0.6) is 17.2 Å². The standard InChI is InChI=1S/C18H19NO3/c1-3-19-11-13(18-16(19)5-4-6-17(18)20)12-22-15-9-7-14(21-2)8-10-15/h4-11,20H,3,12H2,1-2H3. The van der Waals surface area contributed by atoms with Crippen LogP contribution in [0.1, 0.15) is 12.5 Å². The van der Waals surface area contributed by atoms with Crippen LogP contribution in [0.4, 0.5) is 0 Å². The minimum Gasteiger partial charge on any atom is -0.507 e. The SMILES string of the molecule is CCn1cc(COc2ccc(OC)cc2)c2c(O)cccc21. The maximum Gasteiger partial charge on any atom is 0.125 e. The zero-order valence-electron chi connectivity index (χ0n) is 12.7. The third-order valence-electron chi connectivity index (χ3n) is 3.76. The molecule has 0 radical (unpaired) electrons. The summed E-state index contributed by atoms with van der Waals surface area (Å²) in [4.78, 5) is 0. The van der Waals surface area contributed by atoms with Gasteiger partial charge in [0.2, 0.25) is 0 Å². The van der Waals surface area contributed by atoms with Crippen molar-refractivity contribution in [3.05, 3.63) is 54.2 Å². The van der Waals surface area contributed by atoms with Crippen molar-refractivity contribution in [2.75, 3.05) is 7.11 Å². The summed E-state index contributed by atoms with van der Waals surface area (Å²) >= 11 is 0. The molecule has 0 spiro atoms. The zero-order chi connectivity index (χ0) is 15.5. The molecule has 0 bridgehead atoms. The first-order chi connectivity index (χ1) is 10.7. The Bertz CT molecular complexity index is 775. The molecule has 114 valence electrons. The summed E-state index contributed by atoms with van der Waals surface area (Å²) in [5.74, 6) is 1.86. The lowest BCUT2D eigenvalue weighted by atomic mass is 10.1. The predicted molar refractivity (Wildman–Crippen MR) is 86.6 cm³/mol. The Morgan fingerprint density at radius 2 is 1.77 bits per heavy atom. The second-order valence-electron chi connectivity index (χ2n) is 5.08. The van der Waals surface area contributed by atoms with Crippen molar-refractivity contribution in [1.29, 1.82) is 0 Å². The number of methoxy groups -OCH3 is 1. The molecule has 0 aliphatic rings. The third-order valence-corrected chi connectivity index (χ3v) is 3.76. The lowest BCUT2D eigenvalue weighted by molar-refractivity contribution is 0.306. The molecule has 3 rings (SSSR count). The van der Waals surface area contributed by atoms with Gasteiger partial charge in [-0.15, -0.1) is 0 Å². The fourth-order valence-corrected chi connectivity index (χ4v) is 2.62. The van der Waals surface area contributed by atoms with E-state index in [1.165, 1.54) is 0 Å². The van der Waals surface area contributed by atoms with Gasteiger partial charge in [0.05, 0.1) is 12.6 Å². The van der Waals surface area contributed by atoms with E-state index >= 15 is 0 Å². The van der Waals surface area contributed by atoms with Crippen LogP contribution >= 0.6 is 0 Å². The second kappa shape index (κ2) is 6.02. The van der Waals surface area contributed by atoms with Gasteiger partial charge in [-0.1, -0.05) is 6.07 Å². The summed E-state index contributed by atoms with van der Waals surface area (Å²) in [6.45, 7) is 3.34. The maximum absolute atomic E-state index is 10.1. The Morgan fingerprint density at radius 1 is 1.05 bits per heavy atom. The van der Waals surface area contributed by atoms with Gasteiger partial charge in [0.25, 0.3) is 0 Å². The molecule has 4 heteroatoms. The first-order valence-electron chi connectivity index (χ1n) is 7.29. The molecule has 0 aliphatic carbocycles. The highest BCUT2D eigenvalue weighted by molar-refractivity contribution is 5.89. The number of aromatic hydroxyl groups is 1. The zero-order valence-corrected chi connectivity index (χ0v) is 12.7. The number of benzene rings is 2. The van der Waals surface area contributed by atoms with E-state index < -0.39 is 0 Å². The first-order valence-corrected chi connectivity index (χ1v) is 7.29. The van der Waals surface area contributed by atoms with Gasteiger partial charge in [-0.25, -0.2) is 0 Å². The van der Waals surface area contributed by atoms with Crippen LogP contribution in [0.3, 0.4) is 0 Å². The number of phenols is 1. The van der Waals surface area contributed by atoms with Crippen LogP contribution in [0, 0.1) is 0 Å². The smallest absolute Gasteiger partial charge is 0.125 e. The van der Waals surface area contributed by atoms with Gasteiger partial charge in [-0.3, -0.25) is 0 Å². The largest absolute Gasteiger partial charge is 0.507 e. The maximum atomic E-state index is 10.1. The minimum absolute atomic E-state index is 0.290. The van der Waals surface area contributed by atoms with Crippen LogP contribution in [0.25, 0.3) is 10.9 Å². The minimum atomic E-state index is 0.290. The monoisotopic (exact) mass is 297 g/mol. The topological polar surface area (TPSA) is 43.6 Å². The van der Waals surface area contributed by atoms with E-state index in [9.17, 15) is 5.11 Å². The molecule has 0 aliphatic heterocycles. The number of hydrogen-bond acceptors (Lipinski definition) is 3. The number of fused-ring (bicyclic) bond motifs is 1. The number of aromatic nitrogens is 1. The van der Waals surface area contributed by atoms with Gasteiger partial charge in [0.1, 0.15) is 23.9 Å². The Morgan fingerprint density at radius 3 is 2.45 bits per heavy atom. The molecule has 0 fully saturated rings. The van der Waals surface area contributed by atoms with E-state index in [1.54, 1.807) is 13.2 Å². The molecule has 22 heavy (non-hydrogen) atoms. The first kappa shape index (κ1) is 14.3. The average Bonchev–Trinajstić information content (AvgIpc) is 2.93. The molecule has 1 N–H and O–H groups in total. The molecule has 4 nitrogen and oxygen atoms in total. The summed E-state index contributed by atoms with van der Waals surface area (Å²) in [7, 11) is 1.64. The predicted octanol–water partition coefficient (Wildman–Crippen LogP) is 3.95. The molecule has 3 aromatic rings. The normalized spacial score (nSPS) is 10.8. The number of rotatable bonds is 5. The molecule has 0 saturated carbocycles. The van der Waals surface area contributed by atoms with Crippen LogP contribution in [-0.4, -0.2) is 16.8 Å². The Kier molecular flexibility index (Phi) is 3.92. The molecule has 2 aromatic carbocycles. The molecule has 1 aromatic heterocycles. The van der Waals surface area contributed by atoms with Gasteiger partial charge in [0.15, 0.2) is 0 Å². The number of nitrogens with zero attached hydrogens (tertiary/aromatic N) is 1. The fraction of sp³-hybridized carbons (Fsp3) is 0.222. The lowest BCUT2D eigenvalue weighted by Gasteiger charge is -2.07. The van der Waals surface area contributed by atoms with Gasteiger partial charge < -0.3 is 19.1 Å². The molecule has 0 unspecified atom stereocenters. The van der Waals surface area contributed by atoms with E-state index in [2.05, 4.69) is 11.5 Å². The van der Waals surface area contributed by atoms with Crippen LogP contribution < -0.4 is 9.47 Å². The highest BCUT2D eigenvalue weighted by Gasteiger charge is 2.12. The average molecular weight is 297 g/mol. The van der Waals surface area contributed by atoms with Gasteiger partial charge in [-0.05, 0) is 43.3 Å².